The maximum absolute atomic E-state index is 5.96. The molecule has 1 saturated carbocycles. The van der Waals surface area contributed by atoms with E-state index >= 15 is 0 Å². The van der Waals surface area contributed by atoms with E-state index in [1.54, 1.807) is 11.8 Å². The van der Waals surface area contributed by atoms with Crippen LogP contribution in [-0.4, -0.2) is 20.2 Å². The molecule has 0 amide bonds. The second-order valence-corrected chi connectivity index (χ2v) is 10.9. The van der Waals surface area contributed by atoms with Crippen molar-refractivity contribution in [1.82, 2.24) is 20.2 Å². The van der Waals surface area contributed by atoms with E-state index in [4.69, 9.17) is 14.4 Å². The lowest BCUT2D eigenvalue weighted by atomic mass is 9.89. The Labute approximate surface area is 189 Å². The minimum absolute atomic E-state index is 0.540. The van der Waals surface area contributed by atoms with Gasteiger partial charge in [-0.2, -0.15) is 0 Å². The number of benzene rings is 1. The molecule has 7 heteroatoms. The van der Waals surface area contributed by atoms with Crippen LogP contribution in [0.3, 0.4) is 0 Å². The van der Waals surface area contributed by atoms with Crippen molar-refractivity contribution in [2.75, 3.05) is 0 Å². The Morgan fingerprint density at radius 2 is 1.94 bits per heavy atom. The molecule has 2 aliphatic rings. The fourth-order valence-electron chi connectivity index (χ4n) is 4.21. The summed E-state index contributed by atoms with van der Waals surface area (Å²) in [5, 5.41) is 10.9. The largest absolute Gasteiger partial charge is 0.420 e. The maximum atomic E-state index is 5.96. The number of aromatic nitrogens is 4. The predicted octanol–water partition coefficient (Wildman–Crippen LogP) is 6.34. The molecular formula is C24H24N4OS2. The minimum atomic E-state index is 0.540. The topological polar surface area (TPSA) is 64.7 Å². The van der Waals surface area contributed by atoms with Crippen molar-refractivity contribution in [3.8, 4) is 11.5 Å². The average Bonchev–Trinajstić information content (AvgIpc) is 3.40. The van der Waals surface area contributed by atoms with Crippen molar-refractivity contribution in [3.05, 3.63) is 52.0 Å². The molecule has 5 nitrogen and oxygen atoms in total. The van der Waals surface area contributed by atoms with E-state index in [0.29, 0.717) is 23.5 Å². The van der Waals surface area contributed by atoms with Crippen molar-refractivity contribution < 1.29 is 4.42 Å². The van der Waals surface area contributed by atoms with E-state index in [2.05, 4.69) is 36.2 Å². The Morgan fingerprint density at radius 1 is 1.10 bits per heavy atom. The molecule has 0 N–H and O–H groups in total. The molecule has 0 aliphatic heterocycles. The number of thiophene rings is 1. The standard InChI is InChI=1S/C24H24N4OS2/c1-13-3-6-16(7-4-13)22-28-27-19(29-22)12-30-23-20-17-10-5-14(2)11-18(17)31-24(20)26-21(25-23)15-8-9-15/h3-4,6-7,14-15H,5,8-12H2,1-2H3/t14-/m1/s1. The molecule has 3 aromatic heterocycles. The zero-order valence-electron chi connectivity index (χ0n) is 17.7. The van der Waals surface area contributed by atoms with Crippen LogP contribution in [0.5, 0.6) is 0 Å². The molecular weight excluding hydrogens is 424 g/mol. The second kappa shape index (κ2) is 7.71. The monoisotopic (exact) mass is 448 g/mol. The molecule has 0 radical (unpaired) electrons. The number of fused-ring (bicyclic) bond motifs is 3. The molecule has 3 heterocycles. The Balaban J connectivity index is 1.31. The quantitative estimate of drug-likeness (QED) is 0.262. The smallest absolute Gasteiger partial charge is 0.247 e. The van der Waals surface area contributed by atoms with E-state index in [1.165, 1.54) is 51.9 Å². The Bertz CT molecular complexity index is 1260. The van der Waals surface area contributed by atoms with Crippen molar-refractivity contribution in [3.63, 3.8) is 0 Å². The third-order valence-corrected chi connectivity index (χ3v) is 8.29. The number of rotatable bonds is 5. The Kier molecular flexibility index (Phi) is 4.83. The lowest BCUT2D eigenvalue weighted by Crippen LogP contribution is -2.08. The lowest BCUT2D eigenvalue weighted by molar-refractivity contribution is 0.509. The summed E-state index contributed by atoms with van der Waals surface area (Å²) < 4.78 is 5.96. The summed E-state index contributed by atoms with van der Waals surface area (Å²) in [6.07, 6.45) is 5.97. The second-order valence-electron chi connectivity index (χ2n) is 8.85. The van der Waals surface area contributed by atoms with E-state index in [0.717, 1.165) is 28.8 Å². The summed E-state index contributed by atoms with van der Waals surface area (Å²) in [5.74, 6) is 4.15. The minimum Gasteiger partial charge on any atom is -0.420 e. The van der Waals surface area contributed by atoms with E-state index < -0.39 is 0 Å². The van der Waals surface area contributed by atoms with Crippen LogP contribution in [0.25, 0.3) is 21.7 Å². The van der Waals surface area contributed by atoms with Crippen molar-refractivity contribution >= 4 is 33.3 Å². The zero-order chi connectivity index (χ0) is 20.9. The first kappa shape index (κ1) is 19.4. The summed E-state index contributed by atoms with van der Waals surface area (Å²) in [4.78, 5) is 12.7. The van der Waals surface area contributed by atoms with Gasteiger partial charge in [0, 0.05) is 21.7 Å². The third kappa shape index (κ3) is 3.78. The third-order valence-electron chi connectivity index (χ3n) is 6.18. The van der Waals surface area contributed by atoms with Gasteiger partial charge in [0.05, 0.1) is 5.75 Å². The SMILES string of the molecule is Cc1ccc(-c2nnc(CSc3nc(C4CC4)nc4sc5c(c34)CC[C@@H](C)C5)o2)cc1. The normalized spacial score (nSPS) is 18.5. The molecule has 1 fully saturated rings. The van der Waals surface area contributed by atoms with Crippen LogP contribution in [-0.2, 0) is 18.6 Å². The van der Waals surface area contributed by atoms with Crippen molar-refractivity contribution in [2.45, 2.75) is 62.6 Å². The number of nitrogens with zero attached hydrogens (tertiary/aromatic N) is 4. The fraction of sp³-hybridized carbons (Fsp3) is 0.417. The molecule has 0 saturated heterocycles. The molecule has 0 unspecified atom stereocenters. The van der Waals surface area contributed by atoms with E-state index in [-0.39, 0.29) is 0 Å². The Hall–Kier alpha value is -2.25. The molecule has 1 atom stereocenters. The van der Waals surface area contributed by atoms with E-state index in [9.17, 15) is 0 Å². The van der Waals surface area contributed by atoms with Gasteiger partial charge in [0.1, 0.15) is 15.7 Å². The van der Waals surface area contributed by atoms with Gasteiger partial charge in [0.2, 0.25) is 11.8 Å². The Morgan fingerprint density at radius 3 is 2.74 bits per heavy atom. The highest BCUT2D eigenvalue weighted by molar-refractivity contribution is 7.98. The summed E-state index contributed by atoms with van der Waals surface area (Å²) in [7, 11) is 0. The van der Waals surface area contributed by atoms with Crippen LogP contribution in [0.2, 0.25) is 0 Å². The van der Waals surface area contributed by atoms with Gasteiger partial charge in [-0.05, 0) is 62.6 Å². The van der Waals surface area contributed by atoms with Crippen molar-refractivity contribution in [1.29, 1.82) is 0 Å². The van der Waals surface area contributed by atoms with Gasteiger partial charge >= 0.3 is 0 Å². The van der Waals surface area contributed by atoms with Gasteiger partial charge in [-0.15, -0.1) is 21.5 Å². The maximum Gasteiger partial charge on any atom is 0.247 e. The average molecular weight is 449 g/mol. The molecule has 0 spiro atoms. The first-order chi connectivity index (χ1) is 15.1. The first-order valence-corrected chi connectivity index (χ1v) is 12.8. The highest BCUT2D eigenvalue weighted by atomic mass is 32.2. The van der Waals surface area contributed by atoms with Crippen LogP contribution >= 0.6 is 23.1 Å². The van der Waals surface area contributed by atoms with Gasteiger partial charge in [-0.1, -0.05) is 36.4 Å². The molecule has 31 heavy (non-hydrogen) atoms. The van der Waals surface area contributed by atoms with Gasteiger partial charge in [0.25, 0.3) is 0 Å². The highest BCUT2D eigenvalue weighted by Gasteiger charge is 2.30. The van der Waals surface area contributed by atoms with Gasteiger partial charge in [-0.25, -0.2) is 9.97 Å². The summed E-state index contributed by atoms with van der Waals surface area (Å²) >= 11 is 3.60. The summed E-state index contributed by atoms with van der Waals surface area (Å²) in [5.41, 5.74) is 3.65. The number of hydrogen-bond donors (Lipinski definition) is 0. The molecule has 158 valence electrons. The van der Waals surface area contributed by atoms with Crippen molar-refractivity contribution in [2.24, 2.45) is 5.92 Å². The molecule has 2 aliphatic carbocycles. The number of hydrogen-bond acceptors (Lipinski definition) is 7. The summed E-state index contributed by atoms with van der Waals surface area (Å²) in [6.45, 7) is 4.42. The van der Waals surface area contributed by atoms with Gasteiger partial charge in [0.15, 0.2) is 0 Å². The molecule has 6 rings (SSSR count). The number of aryl methyl sites for hydroxylation is 2. The molecule has 1 aromatic carbocycles. The van der Waals surface area contributed by atoms with Gasteiger partial charge < -0.3 is 4.42 Å². The molecule has 4 aromatic rings. The summed E-state index contributed by atoms with van der Waals surface area (Å²) in [6, 6.07) is 8.17. The van der Waals surface area contributed by atoms with Gasteiger partial charge in [-0.3, -0.25) is 0 Å². The van der Waals surface area contributed by atoms with Crippen LogP contribution in [0.1, 0.15) is 59.8 Å². The highest BCUT2D eigenvalue weighted by Crippen LogP contribution is 2.45. The van der Waals surface area contributed by atoms with Crippen LogP contribution < -0.4 is 0 Å². The van der Waals surface area contributed by atoms with Crippen LogP contribution in [0.15, 0.2) is 33.7 Å². The first-order valence-electron chi connectivity index (χ1n) is 11.0. The van der Waals surface area contributed by atoms with Crippen LogP contribution in [0, 0.1) is 12.8 Å². The van der Waals surface area contributed by atoms with E-state index in [1.807, 2.05) is 23.5 Å². The lowest BCUT2D eigenvalue weighted by Gasteiger charge is -2.18. The zero-order valence-corrected chi connectivity index (χ0v) is 19.4. The molecule has 0 bridgehead atoms. The number of thioether (sulfide) groups is 1. The van der Waals surface area contributed by atoms with Crippen LogP contribution in [0.4, 0.5) is 0 Å². The predicted molar refractivity (Wildman–Crippen MR) is 125 cm³/mol. The fourth-order valence-corrected chi connectivity index (χ4v) is 6.56.